The first-order valence-electron chi connectivity index (χ1n) is 17.0. The lowest BCUT2D eigenvalue weighted by Crippen LogP contribution is -2.36. The molecular weight excluding hydrogens is 721 g/mol. The fourth-order valence-corrected chi connectivity index (χ4v) is 6.36. The van der Waals surface area contributed by atoms with Crippen molar-refractivity contribution in [1.82, 2.24) is 19.6 Å². The number of hydrogen-bond acceptors (Lipinski definition) is 5. The molecule has 2 aliphatic heterocycles. The molecule has 53 heavy (non-hydrogen) atoms. The lowest BCUT2D eigenvalue weighted by atomic mass is 10.1. The summed E-state index contributed by atoms with van der Waals surface area (Å²) < 4.78 is 29.7. The predicted octanol–water partition coefficient (Wildman–Crippen LogP) is 8.52. The number of carboxylic acids is 1. The van der Waals surface area contributed by atoms with E-state index in [1.807, 2.05) is 23.0 Å². The third kappa shape index (κ3) is 9.68. The van der Waals surface area contributed by atoms with Gasteiger partial charge < -0.3 is 15.3 Å². The number of nitrogens with one attached hydrogen (secondary N) is 1. The number of anilines is 2. The number of nitrogens with zero attached hydrogens (tertiary/aromatic N) is 5. The van der Waals surface area contributed by atoms with Crippen molar-refractivity contribution in [3.63, 3.8) is 0 Å². The van der Waals surface area contributed by atoms with Crippen LogP contribution in [0.15, 0.2) is 109 Å². The van der Waals surface area contributed by atoms with Gasteiger partial charge in [-0.15, -0.1) is 0 Å². The van der Waals surface area contributed by atoms with Crippen LogP contribution in [0.1, 0.15) is 35.4 Å². The minimum absolute atomic E-state index is 0.0342. The second-order valence-corrected chi connectivity index (χ2v) is 13.3. The SMILES string of the molecule is Fc1ccc(-n2ncc3c2CCCN3)cc1.O=C(Cc1ccc(Cl)cc1)N1CCCc2c1cnn2-c1ccc(F)cc1.O=C(O)Cc1ccc(Cl)cc1. The maximum Gasteiger partial charge on any atom is 0.307 e. The van der Waals surface area contributed by atoms with Crippen molar-refractivity contribution in [3.05, 3.63) is 154 Å². The lowest BCUT2D eigenvalue weighted by molar-refractivity contribution is -0.136. The van der Waals surface area contributed by atoms with Crippen molar-refractivity contribution >= 4 is 46.5 Å². The summed E-state index contributed by atoms with van der Waals surface area (Å²) >= 11 is 11.5. The Morgan fingerprint density at radius 2 is 1.19 bits per heavy atom. The molecule has 0 bridgehead atoms. The first kappa shape index (κ1) is 37.2. The van der Waals surface area contributed by atoms with E-state index in [-0.39, 0.29) is 24.0 Å². The molecule has 0 unspecified atom stereocenters. The summed E-state index contributed by atoms with van der Waals surface area (Å²) in [6.45, 7) is 1.68. The summed E-state index contributed by atoms with van der Waals surface area (Å²) in [5.41, 5.74) is 7.48. The Labute approximate surface area is 315 Å². The van der Waals surface area contributed by atoms with Crippen molar-refractivity contribution in [1.29, 1.82) is 0 Å². The van der Waals surface area contributed by atoms with E-state index < -0.39 is 5.97 Å². The third-order valence-electron chi connectivity index (χ3n) is 8.69. The van der Waals surface area contributed by atoms with Gasteiger partial charge in [-0.1, -0.05) is 47.5 Å². The summed E-state index contributed by atoms with van der Waals surface area (Å²) in [4.78, 5) is 24.8. The van der Waals surface area contributed by atoms with Crippen LogP contribution in [-0.4, -0.2) is 49.6 Å². The van der Waals surface area contributed by atoms with E-state index in [9.17, 15) is 18.4 Å². The van der Waals surface area contributed by atoms with Crippen LogP contribution in [0.25, 0.3) is 11.4 Å². The number of carbonyl (C=O) groups excluding carboxylic acids is 1. The lowest BCUT2D eigenvalue weighted by Gasteiger charge is -2.27. The Balaban J connectivity index is 0.000000151. The van der Waals surface area contributed by atoms with Gasteiger partial charge in [0.2, 0.25) is 5.91 Å². The van der Waals surface area contributed by atoms with E-state index in [1.54, 1.807) is 76.4 Å². The summed E-state index contributed by atoms with van der Waals surface area (Å²) in [6, 6.07) is 26.7. The first-order valence-corrected chi connectivity index (χ1v) is 17.8. The van der Waals surface area contributed by atoms with E-state index in [0.29, 0.717) is 23.0 Å². The standard InChI is InChI=1S/C20H17ClFN3O.C12H12FN3.C8H7ClO2/c21-15-5-3-14(4-6-15)12-20(26)24-11-1-2-18-19(24)13-23-25(18)17-9-7-16(22)8-10-17;13-9-3-5-10(6-4-9)16-12-2-1-7-14-11(12)8-15-16;9-7-3-1-6(2-4-7)5-8(10)11/h3-10,13H,1-2,11-12H2;3-6,8,14H,1-2,7H2;1-4H,5H2,(H,10,11). The molecule has 8 rings (SSSR count). The summed E-state index contributed by atoms with van der Waals surface area (Å²) in [5.74, 6) is -1.29. The molecule has 1 amide bonds. The second-order valence-electron chi connectivity index (χ2n) is 12.4. The fourth-order valence-electron chi connectivity index (χ4n) is 6.11. The molecule has 13 heteroatoms. The third-order valence-corrected chi connectivity index (χ3v) is 9.19. The fraction of sp³-hybridized carbons (Fsp3) is 0.200. The zero-order valence-electron chi connectivity index (χ0n) is 28.6. The number of rotatable bonds is 6. The molecule has 272 valence electrons. The normalized spacial score (nSPS) is 12.9. The quantitative estimate of drug-likeness (QED) is 0.177. The smallest absolute Gasteiger partial charge is 0.307 e. The van der Waals surface area contributed by atoms with Gasteiger partial charge in [0.1, 0.15) is 11.6 Å². The van der Waals surface area contributed by atoms with Gasteiger partial charge in [-0.3, -0.25) is 9.59 Å². The number of benzene rings is 4. The maximum atomic E-state index is 13.2. The minimum Gasteiger partial charge on any atom is -0.481 e. The van der Waals surface area contributed by atoms with Gasteiger partial charge in [0.05, 0.1) is 59.4 Å². The Morgan fingerprint density at radius 1 is 0.679 bits per heavy atom. The molecular formula is C40H36Cl2F2N6O3. The van der Waals surface area contributed by atoms with E-state index in [2.05, 4.69) is 15.5 Å². The zero-order chi connectivity index (χ0) is 37.3. The van der Waals surface area contributed by atoms with Crippen LogP contribution >= 0.6 is 23.2 Å². The molecule has 0 atom stereocenters. The Hall–Kier alpha value is -5.52. The number of carbonyl (C=O) groups is 2. The van der Waals surface area contributed by atoms with Gasteiger partial charge >= 0.3 is 5.97 Å². The average molecular weight is 758 g/mol. The topological polar surface area (TPSA) is 105 Å². The molecule has 0 spiro atoms. The number of aromatic nitrogens is 4. The highest BCUT2D eigenvalue weighted by molar-refractivity contribution is 6.30. The zero-order valence-corrected chi connectivity index (χ0v) is 30.1. The molecule has 2 N–H and O–H groups in total. The number of amides is 1. The van der Waals surface area contributed by atoms with Crippen LogP contribution in [0.2, 0.25) is 10.0 Å². The van der Waals surface area contributed by atoms with Gasteiger partial charge in [-0.05, 0) is 110 Å². The first-order chi connectivity index (χ1) is 25.6. The largest absolute Gasteiger partial charge is 0.481 e. The van der Waals surface area contributed by atoms with Crippen LogP contribution < -0.4 is 10.2 Å². The van der Waals surface area contributed by atoms with Crippen LogP contribution in [0, 0.1) is 11.6 Å². The monoisotopic (exact) mass is 756 g/mol. The van der Waals surface area contributed by atoms with Crippen molar-refractivity contribution in [2.75, 3.05) is 23.3 Å². The van der Waals surface area contributed by atoms with Gasteiger partial charge in [0.15, 0.2) is 0 Å². The highest BCUT2D eigenvalue weighted by Gasteiger charge is 2.26. The molecule has 0 radical (unpaired) electrons. The second kappa shape index (κ2) is 17.3. The van der Waals surface area contributed by atoms with E-state index in [4.69, 9.17) is 28.3 Å². The van der Waals surface area contributed by atoms with Crippen LogP contribution in [0.5, 0.6) is 0 Å². The minimum atomic E-state index is -0.827. The molecule has 2 aromatic heterocycles. The number of aliphatic carboxylic acids is 1. The van der Waals surface area contributed by atoms with Crippen molar-refractivity contribution < 1.29 is 23.5 Å². The van der Waals surface area contributed by atoms with Gasteiger partial charge in [0, 0.05) is 23.1 Å². The Morgan fingerprint density at radius 3 is 1.75 bits per heavy atom. The Kier molecular flexibility index (Phi) is 12.2. The molecule has 6 aromatic rings. The molecule has 0 aliphatic carbocycles. The predicted molar refractivity (Wildman–Crippen MR) is 202 cm³/mol. The molecule has 9 nitrogen and oxygen atoms in total. The summed E-state index contributed by atoms with van der Waals surface area (Å²) in [5, 5.41) is 21.8. The summed E-state index contributed by atoms with van der Waals surface area (Å²) in [7, 11) is 0. The van der Waals surface area contributed by atoms with Crippen LogP contribution in [-0.2, 0) is 35.3 Å². The molecule has 4 aromatic carbocycles. The molecule has 0 saturated heterocycles. The van der Waals surface area contributed by atoms with Crippen LogP contribution in [0.4, 0.5) is 20.2 Å². The highest BCUT2D eigenvalue weighted by Crippen LogP contribution is 2.30. The van der Waals surface area contributed by atoms with E-state index in [1.165, 1.54) is 30.0 Å². The van der Waals surface area contributed by atoms with Crippen molar-refractivity contribution in [2.24, 2.45) is 0 Å². The number of fused-ring (bicyclic) bond motifs is 2. The van der Waals surface area contributed by atoms with Gasteiger partial charge in [-0.25, -0.2) is 18.1 Å². The molecule has 2 aliphatic rings. The summed E-state index contributed by atoms with van der Waals surface area (Å²) in [6.07, 6.45) is 7.74. The molecule has 0 fully saturated rings. The maximum absolute atomic E-state index is 13.2. The molecule has 0 saturated carbocycles. The highest BCUT2D eigenvalue weighted by atomic mass is 35.5. The van der Waals surface area contributed by atoms with E-state index in [0.717, 1.165) is 71.8 Å². The van der Waals surface area contributed by atoms with E-state index >= 15 is 0 Å². The van der Waals surface area contributed by atoms with Crippen molar-refractivity contribution in [3.8, 4) is 11.4 Å². The number of hydrogen-bond donors (Lipinski definition) is 2. The molecule has 4 heterocycles. The average Bonchev–Trinajstić information content (AvgIpc) is 3.80. The van der Waals surface area contributed by atoms with Crippen LogP contribution in [0.3, 0.4) is 0 Å². The number of carboxylic acid groups (broad SMARTS) is 1. The van der Waals surface area contributed by atoms with Crippen molar-refractivity contribution in [2.45, 2.75) is 38.5 Å². The number of halogens is 4. The van der Waals surface area contributed by atoms with Gasteiger partial charge in [0.25, 0.3) is 0 Å². The Bertz CT molecular complexity index is 2150. The van der Waals surface area contributed by atoms with Gasteiger partial charge in [-0.2, -0.15) is 10.2 Å².